The number of aromatic nitrogens is 2. The largest absolute Gasteiger partial charge is 0.325 e. The van der Waals surface area contributed by atoms with Crippen LogP contribution in [0.5, 0.6) is 0 Å². The predicted octanol–water partition coefficient (Wildman–Crippen LogP) is 2.95. The summed E-state index contributed by atoms with van der Waals surface area (Å²) in [6.45, 7) is 0.443. The van der Waals surface area contributed by atoms with Crippen molar-refractivity contribution in [2.24, 2.45) is 5.73 Å². The minimum atomic E-state index is 0.443. The minimum Gasteiger partial charge on any atom is -0.325 e. The summed E-state index contributed by atoms with van der Waals surface area (Å²) in [6.07, 6.45) is 0. The van der Waals surface area contributed by atoms with Crippen LogP contribution in [0, 0.1) is 0 Å². The van der Waals surface area contributed by atoms with Crippen LogP contribution < -0.4 is 5.73 Å². The second kappa shape index (κ2) is 4.35. The topological polar surface area (TPSA) is 54.7 Å². The van der Waals surface area contributed by atoms with Crippen molar-refractivity contribution < 1.29 is 0 Å². The zero-order valence-corrected chi connectivity index (χ0v) is 10.1. The first-order valence-corrected chi connectivity index (χ1v) is 5.58. The molecule has 0 atom stereocenters. The van der Waals surface area contributed by atoms with Crippen molar-refractivity contribution in [3.63, 3.8) is 0 Å². The summed E-state index contributed by atoms with van der Waals surface area (Å²) in [7, 11) is 0. The fourth-order valence-electron chi connectivity index (χ4n) is 1.31. The Kier molecular flexibility index (Phi) is 3.09. The third-order valence-corrected chi connectivity index (χ3v) is 3.37. The summed E-state index contributed by atoms with van der Waals surface area (Å²) in [5.74, 6) is 0. The van der Waals surface area contributed by atoms with Gasteiger partial charge in [0.1, 0.15) is 0 Å². The highest BCUT2D eigenvalue weighted by Crippen LogP contribution is 2.32. The van der Waals surface area contributed by atoms with E-state index in [2.05, 4.69) is 26.1 Å². The third-order valence-electron chi connectivity index (χ3n) is 2.08. The molecular formula is C10H9BrClN3. The van der Waals surface area contributed by atoms with Crippen LogP contribution in [-0.2, 0) is 6.54 Å². The Morgan fingerprint density at radius 2 is 2.27 bits per heavy atom. The van der Waals surface area contributed by atoms with E-state index >= 15 is 0 Å². The van der Waals surface area contributed by atoms with E-state index < -0.39 is 0 Å². The summed E-state index contributed by atoms with van der Waals surface area (Å²) < 4.78 is 0.860. The molecule has 0 radical (unpaired) electrons. The van der Waals surface area contributed by atoms with Crippen molar-refractivity contribution in [3.8, 4) is 11.3 Å². The number of nitrogens with one attached hydrogen (secondary N) is 1. The fourth-order valence-corrected chi connectivity index (χ4v) is 1.89. The molecule has 1 aromatic heterocycles. The molecule has 2 rings (SSSR count). The Morgan fingerprint density at radius 3 is 2.93 bits per heavy atom. The summed E-state index contributed by atoms with van der Waals surface area (Å²) in [4.78, 5) is 0. The zero-order valence-electron chi connectivity index (χ0n) is 7.80. The number of rotatable bonds is 2. The van der Waals surface area contributed by atoms with Gasteiger partial charge in [0.05, 0.1) is 10.7 Å². The lowest BCUT2D eigenvalue weighted by Crippen LogP contribution is -1.95. The number of halogens is 2. The van der Waals surface area contributed by atoms with E-state index in [4.69, 9.17) is 17.3 Å². The van der Waals surface area contributed by atoms with Crippen molar-refractivity contribution in [1.82, 2.24) is 10.2 Å². The lowest BCUT2D eigenvalue weighted by molar-refractivity contribution is 0.948. The second-order valence-electron chi connectivity index (χ2n) is 3.08. The van der Waals surface area contributed by atoms with E-state index in [0.29, 0.717) is 11.6 Å². The van der Waals surface area contributed by atoms with Crippen molar-refractivity contribution in [2.75, 3.05) is 0 Å². The highest BCUT2D eigenvalue weighted by Gasteiger charge is 2.09. The molecule has 5 heteroatoms. The summed E-state index contributed by atoms with van der Waals surface area (Å²) in [5.41, 5.74) is 8.08. The molecule has 0 saturated heterocycles. The van der Waals surface area contributed by atoms with Gasteiger partial charge in [-0.25, -0.2) is 0 Å². The molecule has 2 aromatic rings. The Bertz CT molecular complexity index is 481. The predicted molar refractivity (Wildman–Crippen MR) is 64.6 cm³/mol. The number of H-pyrrole nitrogens is 1. The molecule has 0 aliphatic carbocycles. The van der Waals surface area contributed by atoms with E-state index in [0.717, 1.165) is 21.4 Å². The number of aromatic amines is 1. The van der Waals surface area contributed by atoms with Crippen LogP contribution in [0.4, 0.5) is 0 Å². The number of nitrogens with zero attached hydrogens (tertiary/aromatic N) is 1. The fraction of sp³-hybridized carbons (Fsp3) is 0.100. The molecule has 0 spiro atoms. The van der Waals surface area contributed by atoms with Gasteiger partial charge in [-0.1, -0.05) is 23.7 Å². The molecule has 15 heavy (non-hydrogen) atoms. The van der Waals surface area contributed by atoms with Gasteiger partial charge in [-0.3, -0.25) is 5.10 Å². The monoisotopic (exact) mass is 285 g/mol. The first-order chi connectivity index (χ1) is 7.22. The van der Waals surface area contributed by atoms with Gasteiger partial charge in [0.2, 0.25) is 0 Å². The molecule has 0 unspecified atom stereocenters. The summed E-state index contributed by atoms with van der Waals surface area (Å²) in [6, 6.07) is 7.63. The molecule has 0 aliphatic rings. The molecular weight excluding hydrogens is 277 g/mol. The molecule has 0 saturated carbocycles. The molecule has 3 nitrogen and oxygen atoms in total. The number of benzene rings is 1. The Labute approximate surface area is 101 Å². The number of nitrogens with two attached hydrogens (primary N) is 1. The molecule has 1 aromatic carbocycles. The normalized spacial score (nSPS) is 10.6. The second-order valence-corrected chi connectivity index (χ2v) is 4.32. The highest BCUT2D eigenvalue weighted by atomic mass is 79.9. The van der Waals surface area contributed by atoms with Gasteiger partial charge in [-0.15, -0.1) is 0 Å². The van der Waals surface area contributed by atoms with Crippen LogP contribution in [-0.4, -0.2) is 10.2 Å². The first kappa shape index (κ1) is 10.7. The average Bonchev–Trinajstić information content (AvgIpc) is 2.70. The Hall–Kier alpha value is -0.840. The maximum atomic E-state index is 6.15. The van der Waals surface area contributed by atoms with Crippen LogP contribution in [0.25, 0.3) is 11.3 Å². The van der Waals surface area contributed by atoms with Gasteiger partial charge >= 0.3 is 0 Å². The van der Waals surface area contributed by atoms with Crippen molar-refractivity contribution in [3.05, 3.63) is 39.5 Å². The van der Waals surface area contributed by atoms with Gasteiger partial charge < -0.3 is 5.73 Å². The maximum Gasteiger partial charge on any atom is 0.0939 e. The van der Waals surface area contributed by atoms with Crippen LogP contribution >= 0.6 is 27.5 Å². The van der Waals surface area contributed by atoms with Crippen molar-refractivity contribution in [2.45, 2.75) is 6.54 Å². The van der Waals surface area contributed by atoms with E-state index in [9.17, 15) is 0 Å². The van der Waals surface area contributed by atoms with E-state index in [1.54, 1.807) is 0 Å². The third kappa shape index (κ3) is 2.07. The van der Waals surface area contributed by atoms with Crippen LogP contribution in [0.2, 0.25) is 5.02 Å². The lowest BCUT2D eigenvalue weighted by Gasteiger charge is -2.01. The number of hydrogen-bond acceptors (Lipinski definition) is 2. The zero-order chi connectivity index (χ0) is 10.8. The Balaban J connectivity index is 2.49. The summed E-state index contributed by atoms with van der Waals surface area (Å²) in [5, 5.41) is 7.66. The van der Waals surface area contributed by atoms with Crippen LogP contribution in [0.1, 0.15) is 5.69 Å². The smallest absolute Gasteiger partial charge is 0.0939 e. The van der Waals surface area contributed by atoms with Crippen LogP contribution in [0.3, 0.4) is 0 Å². The average molecular weight is 287 g/mol. The SMILES string of the molecule is NCc1cc(-c2cccc(Br)c2Cl)n[nH]1. The van der Waals surface area contributed by atoms with Gasteiger partial charge in [0, 0.05) is 22.3 Å². The maximum absolute atomic E-state index is 6.15. The standard InChI is InChI=1S/C10H9BrClN3/c11-8-3-1-2-7(10(8)12)9-4-6(5-13)14-15-9/h1-4H,5,13H2,(H,14,15). The van der Waals surface area contributed by atoms with Gasteiger partial charge in [-0.05, 0) is 28.1 Å². The molecule has 0 amide bonds. The molecule has 0 aliphatic heterocycles. The number of hydrogen-bond donors (Lipinski definition) is 2. The van der Waals surface area contributed by atoms with E-state index in [1.165, 1.54) is 0 Å². The molecule has 1 heterocycles. The minimum absolute atomic E-state index is 0.443. The molecule has 0 bridgehead atoms. The molecule has 3 N–H and O–H groups in total. The van der Waals surface area contributed by atoms with Gasteiger partial charge in [-0.2, -0.15) is 5.10 Å². The quantitative estimate of drug-likeness (QED) is 0.892. The summed E-state index contributed by atoms with van der Waals surface area (Å²) >= 11 is 9.52. The highest BCUT2D eigenvalue weighted by molar-refractivity contribution is 9.10. The Morgan fingerprint density at radius 1 is 1.47 bits per heavy atom. The van der Waals surface area contributed by atoms with E-state index in [1.807, 2.05) is 24.3 Å². The van der Waals surface area contributed by atoms with Crippen LogP contribution in [0.15, 0.2) is 28.7 Å². The van der Waals surface area contributed by atoms with E-state index in [-0.39, 0.29) is 0 Å². The van der Waals surface area contributed by atoms with Crippen molar-refractivity contribution >= 4 is 27.5 Å². The van der Waals surface area contributed by atoms with Gasteiger partial charge in [0.25, 0.3) is 0 Å². The molecule has 0 fully saturated rings. The molecule has 78 valence electrons. The lowest BCUT2D eigenvalue weighted by atomic mass is 10.1. The first-order valence-electron chi connectivity index (χ1n) is 4.41. The van der Waals surface area contributed by atoms with Crippen molar-refractivity contribution in [1.29, 1.82) is 0 Å². The van der Waals surface area contributed by atoms with Gasteiger partial charge in [0.15, 0.2) is 0 Å².